The Morgan fingerprint density at radius 3 is 2.65 bits per heavy atom. The largest absolute Gasteiger partial charge is 0.443 e. The molecule has 0 spiro atoms. The smallest absolute Gasteiger partial charge is 0.416 e. The van der Waals surface area contributed by atoms with Gasteiger partial charge in [-0.2, -0.15) is 0 Å². The third kappa shape index (κ3) is 5.26. The first-order chi connectivity index (χ1) is 9.28. The van der Waals surface area contributed by atoms with Crippen LogP contribution in [0.5, 0.6) is 0 Å². The molecule has 7 heteroatoms. The first-order valence-electron chi connectivity index (χ1n) is 6.79. The summed E-state index contributed by atoms with van der Waals surface area (Å²) in [5.74, 6) is 0. The molecule has 2 unspecified atom stereocenters. The zero-order chi connectivity index (χ0) is 15.3. The molecule has 1 amide bonds. The van der Waals surface area contributed by atoms with Crippen LogP contribution in [0.1, 0.15) is 34.1 Å². The van der Waals surface area contributed by atoms with Crippen LogP contribution in [0.15, 0.2) is 4.99 Å². The first-order valence-corrected chi connectivity index (χ1v) is 8.79. The third-order valence-corrected chi connectivity index (χ3v) is 5.22. The number of thioether (sulfide) groups is 1. The van der Waals surface area contributed by atoms with Crippen molar-refractivity contribution in [3.63, 3.8) is 0 Å². The minimum absolute atomic E-state index is 0.192. The van der Waals surface area contributed by atoms with Crippen molar-refractivity contribution in [1.29, 1.82) is 0 Å². The molecular formula is C13H24BrN3O2S. The van der Waals surface area contributed by atoms with E-state index >= 15 is 0 Å². The second-order valence-electron chi connectivity index (χ2n) is 5.74. The summed E-state index contributed by atoms with van der Waals surface area (Å²) in [5.41, 5.74) is 5.04. The van der Waals surface area contributed by atoms with Crippen molar-refractivity contribution in [3.8, 4) is 0 Å². The van der Waals surface area contributed by atoms with E-state index in [1.165, 1.54) is 0 Å². The summed E-state index contributed by atoms with van der Waals surface area (Å²) < 4.78 is 5.45. The number of rotatable bonds is 4. The van der Waals surface area contributed by atoms with Crippen molar-refractivity contribution in [2.24, 2.45) is 10.7 Å². The molecule has 2 N–H and O–H groups in total. The van der Waals surface area contributed by atoms with Crippen LogP contribution in [0, 0.1) is 0 Å². The van der Waals surface area contributed by atoms with Gasteiger partial charge in [0, 0.05) is 17.1 Å². The zero-order valence-electron chi connectivity index (χ0n) is 12.6. The number of halogens is 1. The Hall–Kier alpha value is -0.270. The van der Waals surface area contributed by atoms with E-state index in [4.69, 9.17) is 10.5 Å². The summed E-state index contributed by atoms with van der Waals surface area (Å²) in [4.78, 5) is 18.5. The molecule has 0 radical (unpaired) electrons. The number of nitrogens with zero attached hydrogens (tertiary/aromatic N) is 2. The van der Waals surface area contributed by atoms with Crippen molar-refractivity contribution in [2.45, 2.75) is 51.0 Å². The maximum atomic E-state index is 12.3. The predicted octanol–water partition coefficient (Wildman–Crippen LogP) is 2.83. The average Bonchev–Trinajstić information content (AvgIpc) is 2.68. The number of ether oxygens (including phenoxy) is 1. The molecule has 0 bridgehead atoms. The lowest BCUT2D eigenvalue weighted by Gasteiger charge is -2.27. The fraction of sp³-hybridized carbons (Fsp3) is 0.846. The molecule has 0 aromatic carbocycles. The fourth-order valence-corrected chi connectivity index (χ4v) is 3.70. The molecule has 1 rings (SSSR count). The molecule has 0 saturated carbocycles. The number of amides is 1. The maximum absolute atomic E-state index is 12.3. The van der Waals surface area contributed by atoms with E-state index in [2.05, 4.69) is 27.8 Å². The lowest BCUT2D eigenvalue weighted by Crippen LogP contribution is -2.40. The molecule has 0 saturated heterocycles. The van der Waals surface area contributed by atoms with Gasteiger partial charge < -0.3 is 10.5 Å². The van der Waals surface area contributed by atoms with E-state index in [0.717, 1.165) is 16.9 Å². The highest BCUT2D eigenvalue weighted by Crippen LogP contribution is 2.30. The van der Waals surface area contributed by atoms with E-state index in [9.17, 15) is 4.79 Å². The van der Waals surface area contributed by atoms with Crippen LogP contribution in [0.3, 0.4) is 0 Å². The summed E-state index contributed by atoms with van der Waals surface area (Å²) >= 11 is 5.10. The molecule has 0 aromatic heterocycles. The average molecular weight is 366 g/mol. The Kier molecular flexibility index (Phi) is 6.81. The summed E-state index contributed by atoms with van der Waals surface area (Å²) in [6.07, 6.45) is 0.381. The van der Waals surface area contributed by atoms with Gasteiger partial charge in [-0.15, -0.1) is 0 Å². The zero-order valence-corrected chi connectivity index (χ0v) is 15.0. The van der Waals surface area contributed by atoms with Crippen LogP contribution < -0.4 is 5.73 Å². The molecular weight excluding hydrogens is 342 g/mol. The van der Waals surface area contributed by atoms with Gasteiger partial charge in [0.2, 0.25) is 0 Å². The van der Waals surface area contributed by atoms with Gasteiger partial charge in [-0.05, 0) is 40.7 Å². The standard InChI is InChI=1S/C13H24BrN3O2S/c1-9-10(8-14)20-11(16-9)17(7-5-6-15)12(18)19-13(2,3)4/h9-10H,5-8,15H2,1-4H3. The number of alkyl halides is 1. The fourth-order valence-electron chi connectivity index (χ4n) is 1.65. The number of amidine groups is 1. The Balaban J connectivity index is 2.79. The van der Waals surface area contributed by atoms with E-state index in [-0.39, 0.29) is 12.1 Å². The van der Waals surface area contributed by atoms with Crippen molar-refractivity contribution < 1.29 is 9.53 Å². The Labute approximate surface area is 133 Å². The van der Waals surface area contributed by atoms with Crippen LogP contribution in [0.4, 0.5) is 4.79 Å². The number of hydrogen-bond donors (Lipinski definition) is 1. The van der Waals surface area contributed by atoms with Gasteiger partial charge in [0.05, 0.1) is 6.04 Å². The topological polar surface area (TPSA) is 67.9 Å². The van der Waals surface area contributed by atoms with Gasteiger partial charge in [0.15, 0.2) is 5.17 Å². The van der Waals surface area contributed by atoms with Crippen molar-refractivity contribution in [3.05, 3.63) is 0 Å². The highest BCUT2D eigenvalue weighted by molar-refractivity contribution is 9.09. The molecule has 0 fully saturated rings. The van der Waals surface area contributed by atoms with E-state index in [1.807, 2.05) is 20.8 Å². The SMILES string of the molecule is CC1N=C(N(CCCN)C(=O)OC(C)(C)C)SC1CBr. The molecule has 1 aliphatic rings. The summed E-state index contributed by atoms with van der Waals surface area (Å²) in [5, 5.41) is 1.95. The van der Waals surface area contributed by atoms with Gasteiger partial charge >= 0.3 is 6.09 Å². The molecule has 0 aromatic rings. The normalized spacial score (nSPS) is 22.6. The molecule has 20 heavy (non-hydrogen) atoms. The summed E-state index contributed by atoms with van der Waals surface area (Å²) in [6.45, 7) is 8.72. The van der Waals surface area contributed by atoms with Gasteiger partial charge in [0.1, 0.15) is 5.60 Å². The third-order valence-electron chi connectivity index (χ3n) is 2.69. The Bertz CT molecular complexity index is 371. The van der Waals surface area contributed by atoms with Crippen LogP contribution in [0.25, 0.3) is 0 Å². The quantitative estimate of drug-likeness (QED) is 0.777. The molecule has 1 heterocycles. The van der Waals surface area contributed by atoms with E-state index < -0.39 is 5.60 Å². The monoisotopic (exact) mass is 365 g/mol. The number of hydrogen-bond acceptors (Lipinski definition) is 5. The van der Waals surface area contributed by atoms with Crippen LogP contribution in [-0.2, 0) is 4.74 Å². The second-order valence-corrected chi connectivity index (χ2v) is 7.59. The number of nitrogens with two attached hydrogens (primary N) is 1. The molecule has 116 valence electrons. The highest BCUT2D eigenvalue weighted by atomic mass is 79.9. The van der Waals surface area contributed by atoms with Crippen molar-refractivity contribution in [1.82, 2.24) is 4.90 Å². The van der Waals surface area contributed by atoms with Crippen molar-refractivity contribution >= 4 is 39.0 Å². The number of aliphatic imine (C=N–C) groups is 1. The van der Waals surface area contributed by atoms with Gasteiger partial charge in [0.25, 0.3) is 0 Å². The predicted molar refractivity (Wildman–Crippen MR) is 88.7 cm³/mol. The summed E-state index contributed by atoms with van der Waals surface area (Å²) in [7, 11) is 0. The summed E-state index contributed by atoms with van der Waals surface area (Å²) in [6, 6.07) is 0.192. The van der Waals surface area contributed by atoms with Crippen LogP contribution in [-0.4, -0.2) is 51.5 Å². The Morgan fingerprint density at radius 1 is 1.55 bits per heavy atom. The lowest BCUT2D eigenvalue weighted by molar-refractivity contribution is 0.0373. The van der Waals surface area contributed by atoms with E-state index in [0.29, 0.717) is 18.3 Å². The van der Waals surface area contributed by atoms with Crippen LogP contribution in [0.2, 0.25) is 0 Å². The van der Waals surface area contributed by atoms with Gasteiger partial charge in [-0.1, -0.05) is 27.7 Å². The van der Waals surface area contributed by atoms with E-state index in [1.54, 1.807) is 16.7 Å². The maximum Gasteiger partial charge on any atom is 0.416 e. The minimum Gasteiger partial charge on any atom is -0.443 e. The molecule has 0 aliphatic carbocycles. The molecule has 2 atom stereocenters. The number of carbonyl (C=O) groups excluding carboxylic acids is 1. The highest BCUT2D eigenvalue weighted by Gasteiger charge is 2.33. The second kappa shape index (κ2) is 7.66. The lowest BCUT2D eigenvalue weighted by atomic mass is 10.2. The Morgan fingerprint density at radius 2 is 2.20 bits per heavy atom. The number of carbonyl (C=O) groups is 1. The van der Waals surface area contributed by atoms with Crippen LogP contribution >= 0.6 is 27.7 Å². The van der Waals surface area contributed by atoms with Crippen molar-refractivity contribution in [2.75, 3.05) is 18.4 Å². The molecule has 1 aliphatic heterocycles. The van der Waals surface area contributed by atoms with Gasteiger partial charge in [-0.25, -0.2) is 4.79 Å². The molecule has 5 nitrogen and oxygen atoms in total. The van der Waals surface area contributed by atoms with Gasteiger partial charge in [-0.3, -0.25) is 9.89 Å². The first kappa shape index (κ1) is 17.8. The minimum atomic E-state index is -0.512.